The maximum absolute atomic E-state index is 12.4. The van der Waals surface area contributed by atoms with Crippen molar-refractivity contribution in [2.45, 2.75) is 31.7 Å². The minimum Gasteiger partial charge on any atom is -0.477 e. The predicted octanol–water partition coefficient (Wildman–Crippen LogP) is 1.89. The van der Waals surface area contributed by atoms with Crippen molar-refractivity contribution in [1.29, 1.82) is 0 Å². The molecule has 2 unspecified atom stereocenters. The average Bonchev–Trinajstić information content (AvgIpc) is 2.34. The Balaban J connectivity index is 2.87. The third kappa shape index (κ3) is 4.09. The Morgan fingerprint density at radius 1 is 1.47 bits per heavy atom. The van der Waals surface area contributed by atoms with Crippen LogP contribution in [-0.4, -0.2) is 39.5 Å². The van der Waals surface area contributed by atoms with Crippen LogP contribution in [-0.2, 0) is 0 Å². The van der Waals surface area contributed by atoms with Gasteiger partial charge in [-0.05, 0) is 18.6 Å². The highest BCUT2D eigenvalue weighted by molar-refractivity contribution is 5.85. The summed E-state index contributed by atoms with van der Waals surface area (Å²) < 4.78 is 37.2. The fourth-order valence-electron chi connectivity index (χ4n) is 1.46. The molecule has 0 saturated carbocycles. The Morgan fingerprint density at radius 3 is 2.58 bits per heavy atom. The lowest BCUT2D eigenvalue weighted by atomic mass is 10.1. The number of aliphatic hydroxyl groups is 1. The maximum Gasteiger partial charge on any atom is 0.416 e. The van der Waals surface area contributed by atoms with Crippen LogP contribution in [0.25, 0.3) is 0 Å². The highest BCUT2D eigenvalue weighted by atomic mass is 19.4. The SMILES string of the molecule is CCC(Nc1cccc(C(=O)O)n1)C(O)C(F)(F)F. The molecular weight excluding hydrogens is 265 g/mol. The summed E-state index contributed by atoms with van der Waals surface area (Å²) in [6.45, 7) is 1.47. The second kappa shape index (κ2) is 5.87. The van der Waals surface area contributed by atoms with Crippen LogP contribution in [0.5, 0.6) is 0 Å². The fraction of sp³-hybridized carbons (Fsp3) is 0.455. The highest BCUT2D eigenvalue weighted by Gasteiger charge is 2.43. The molecular formula is C11H13F3N2O3. The fourth-order valence-corrected chi connectivity index (χ4v) is 1.46. The van der Waals surface area contributed by atoms with Gasteiger partial charge in [0.05, 0.1) is 6.04 Å². The monoisotopic (exact) mass is 278 g/mol. The molecule has 0 fully saturated rings. The molecule has 0 radical (unpaired) electrons. The largest absolute Gasteiger partial charge is 0.477 e. The van der Waals surface area contributed by atoms with Gasteiger partial charge in [0.1, 0.15) is 5.82 Å². The molecule has 1 heterocycles. The summed E-state index contributed by atoms with van der Waals surface area (Å²) in [6.07, 6.45) is -7.30. The number of carboxylic acid groups (broad SMARTS) is 1. The number of hydrogen-bond acceptors (Lipinski definition) is 4. The lowest BCUT2D eigenvalue weighted by Crippen LogP contribution is -2.43. The highest BCUT2D eigenvalue weighted by Crippen LogP contribution is 2.25. The number of aromatic nitrogens is 1. The summed E-state index contributed by atoms with van der Waals surface area (Å²) in [7, 11) is 0. The molecule has 0 bridgehead atoms. The Kier molecular flexibility index (Phi) is 4.71. The lowest BCUT2D eigenvalue weighted by Gasteiger charge is -2.25. The predicted molar refractivity (Wildman–Crippen MR) is 61.0 cm³/mol. The normalized spacial score (nSPS) is 14.8. The van der Waals surface area contributed by atoms with E-state index >= 15 is 0 Å². The number of hydrogen-bond donors (Lipinski definition) is 3. The van der Waals surface area contributed by atoms with Crippen LogP contribution < -0.4 is 5.32 Å². The first-order valence-electron chi connectivity index (χ1n) is 5.47. The number of aliphatic hydroxyl groups excluding tert-OH is 1. The molecule has 0 aliphatic heterocycles. The molecule has 2 atom stereocenters. The van der Waals surface area contributed by atoms with Crippen molar-refractivity contribution >= 4 is 11.8 Å². The summed E-state index contributed by atoms with van der Waals surface area (Å²) in [4.78, 5) is 14.3. The molecule has 1 rings (SSSR count). The van der Waals surface area contributed by atoms with Crippen molar-refractivity contribution in [3.05, 3.63) is 23.9 Å². The quantitative estimate of drug-likeness (QED) is 0.766. The van der Waals surface area contributed by atoms with Gasteiger partial charge in [-0.1, -0.05) is 13.0 Å². The molecule has 5 nitrogen and oxygen atoms in total. The van der Waals surface area contributed by atoms with E-state index in [1.807, 2.05) is 0 Å². The van der Waals surface area contributed by atoms with Gasteiger partial charge in [0.25, 0.3) is 0 Å². The van der Waals surface area contributed by atoms with Crippen LogP contribution in [0, 0.1) is 0 Å². The van der Waals surface area contributed by atoms with Gasteiger partial charge < -0.3 is 15.5 Å². The third-order valence-electron chi connectivity index (χ3n) is 2.46. The summed E-state index contributed by atoms with van der Waals surface area (Å²) in [5.74, 6) is -1.32. The Labute approximate surface area is 107 Å². The first kappa shape index (κ1) is 15.2. The van der Waals surface area contributed by atoms with Crippen LogP contribution in [0.3, 0.4) is 0 Å². The minimum atomic E-state index is -4.75. The number of anilines is 1. The number of pyridine rings is 1. The molecule has 0 aromatic carbocycles. The molecule has 8 heteroatoms. The van der Waals surface area contributed by atoms with E-state index < -0.39 is 24.3 Å². The smallest absolute Gasteiger partial charge is 0.416 e. The van der Waals surface area contributed by atoms with E-state index in [1.54, 1.807) is 0 Å². The van der Waals surface area contributed by atoms with Gasteiger partial charge in [0.15, 0.2) is 11.8 Å². The lowest BCUT2D eigenvalue weighted by molar-refractivity contribution is -0.208. The summed E-state index contributed by atoms with van der Waals surface area (Å²) in [5, 5.41) is 20.3. The second-order valence-electron chi connectivity index (χ2n) is 3.86. The standard InChI is InChI=1S/C11H13F3N2O3/c1-2-6(9(17)11(12,13)14)15-8-5-3-4-7(16-8)10(18)19/h3-6,9,17H,2H2,1H3,(H,15,16)(H,18,19). The molecule has 1 aromatic heterocycles. The first-order chi connectivity index (χ1) is 8.75. The van der Waals surface area contributed by atoms with Crippen LogP contribution in [0.1, 0.15) is 23.8 Å². The second-order valence-corrected chi connectivity index (χ2v) is 3.86. The van der Waals surface area contributed by atoms with Crippen LogP contribution in [0.4, 0.5) is 19.0 Å². The molecule has 1 aromatic rings. The minimum absolute atomic E-state index is 0.000342. The molecule has 0 spiro atoms. The van der Waals surface area contributed by atoms with Gasteiger partial charge >= 0.3 is 12.1 Å². The topological polar surface area (TPSA) is 82.5 Å². The molecule has 0 aliphatic rings. The number of aromatic carboxylic acids is 1. The maximum atomic E-state index is 12.4. The van der Waals surface area contributed by atoms with Crippen LogP contribution in [0.2, 0.25) is 0 Å². The molecule has 106 valence electrons. The number of carboxylic acids is 1. The zero-order valence-electron chi connectivity index (χ0n) is 9.98. The zero-order valence-corrected chi connectivity index (χ0v) is 9.98. The molecule has 0 amide bonds. The molecule has 0 saturated heterocycles. The van der Waals surface area contributed by atoms with E-state index in [1.165, 1.54) is 25.1 Å². The first-order valence-corrected chi connectivity index (χ1v) is 5.47. The third-order valence-corrected chi connectivity index (χ3v) is 2.46. The van der Waals surface area contributed by atoms with Crippen molar-refractivity contribution in [3.63, 3.8) is 0 Å². The van der Waals surface area contributed by atoms with Crippen LogP contribution >= 0.6 is 0 Å². The Bertz CT molecular complexity index is 451. The van der Waals surface area contributed by atoms with E-state index in [2.05, 4.69) is 10.3 Å². The number of alkyl halides is 3. The number of nitrogens with zero attached hydrogens (tertiary/aromatic N) is 1. The van der Waals surface area contributed by atoms with Gasteiger partial charge in [0, 0.05) is 0 Å². The van der Waals surface area contributed by atoms with Gasteiger partial charge in [-0.25, -0.2) is 9.78 Å². The summed E-state index contributed by atoms with van der Waals surface area (Å²) in [5.41, 5.74) is -0.290. The number of carbonyl (C=O) groups is 1. The molecule has 0 aliphatic carbocycles. The van der Waals surface area contributed by atoms with E-state index in [-0.39, 0.29) is 17.9 Å². The Hall–Kier alpha value is -1.83. The summed E-state index contributed by atoms with van der Waals surface area (Å²) in [6, 6.07) is 2.61. The van der Waals surface area contributed by atoms with E-state index in [9.17, 15) is 18.0 Å². The van der Waals surface area contributed by atoms with Gasteiger partial charge in [-0.15, -0.1) is 0 Å². The summed E-state index contributed by atoms with van der Waals surface area (Å²) >= 11 is 0. The Morgan fingerprint density at radius 2 is 2.11 bits per heavy atom. The van der Waals surface area contributed by atoms with E-state index in [4.69, 9.17) is 10.2 Å². The average molecular weight is 278 g/mol. The number of halogens is 3. The van der Waals surface area contributed by atoms with Crippen molar-refractivity contribution in [3.8, 4) is 0 Å². The molecule has 3 N–H and O–H groups in total. The van der Waals surface area contributed by atoms with Gasteiger partial charge in [-0.3, -0.25) is 0 Å². The van der Waals surface area contributed by atoms with Crippen LogP contribution in [0.15, 0.2) is 18.2 Å². The van der Waals surface area contributed by atoms with Crippen molar-refractivity contribution < 1.29 is 28.2 Å². The van der Waals surface area contributed by atoms with Gasteiger partial charge in [0.2, 0.25) is 0 Å². The van der Waals surface area contributed by atoms with Gasteiger partial charge in [-0.2, -0.15) is 13.2 Å². The number of nitrogens with one attached hydrogen (secondary N) is 1. The van der Waals surface area contributed by atoms with Crippen molar-refractivity contribution in [2.75, 3.05) is 5.32 Å². The zero-order chi connectivity index (χ0) is 14.6. The van der Waals surface area contributed by atoms with Crippen molar-refractivity contribution in [1.82, 2.24) is 4.98 Å². The van der Waals surface area contributed by atoms with E-state index in [0.717, 1.165) is 0 Å². The van der Waals surface area contributed by atoms with E-state index in [0.29, 0.717) is 0 Å². The molecule has 19 heavy (non-hydrogen) atoms. The number of rotatable bonds is 5. The van der Waals surface area contributed by atoms with Crippen molar-refractivity contribution in [2.24, 2.45) is 0 Å².